The zero-order valence-corrected chi connectivity index (χ0v) is 11.3. The molecular formula is C12H14N4O5. The Morgan fingerprint density at radius 3 is 2.90 bits per heavy atom. The van der Waals surface area contributed by atoms with E-state index in [2.05, 4.69) is 14.9 Å². The highest BCUT2D eigenvalue weighted by atomic mass is 16.6. The Balaban J connectivity index is 2.03. The second-order valence-electron chi connectivity index (χ2n) is 4.98. The number of non-ortho nitro benzene ring substituents is 1. The number of nitro benzene ring substituents is 1. The van der Waals surface area contributed by atoms with Crippen LogP contribution in [0, 0.1) is 10.1 Å². The molecule has 2 unspecified atom stereocenters. The fraction of sp³-hybridized carbons (Fsp3) is 0.500. The van der Waals surface area contributed by atoms with Gasteiger partial charge in [-0.1, -0.05) is 0 Å². The zero-order valence-electron chi connectivity index (χ0n) is 11.3. The molecule has 0 radical (unpaired) electrons. The average molecular weight is 294 g/mol. The molecule has 1 N–H and O–H groups in total. The predicted octanol–water partition coefficient (Wildman–Crippen LogP) is 0.717. The Hall–Kier alpha value is -2.26. The van der Waals surface area contributed by atoms with Gasteiger partial charge in [0.2, 0.25) is 5.52 Å². The first-order valence-corrected chi connectivity index (χ1v) is 6.51. The molecule has 2 aromatic rings. The molecule has 0 saturated carbocycles. The fourth-order valence-electron chi connectivity index (χ4n) is 2.59. The van der Waals surface area contributed by atoms with E-state index in [4.69, 9.17) is 4.74 Å². The molecular weight excluding hydrogens is 280 g/mol. The lowest BCUT2D eigenvalue weighted by Gasteiger charge is -2.37. The highest BCUT2D eigenvalue weighted by Crippen LogP contribution is 2.32. The summed E-state index contributed by atoms with van der Waals surface area (Å²) in [5.74, 6) is 0. The van der Waals surface area contributed by atoms with Gasteiger partial charge in [-0.15, -0.1) is 0 Å². The second kappa shape index (κ2) is 5.26. The largest absolute Gasteiger partial charge is 0.394 e. The highest BCUT2D eigenvalue weighted by molar-refractivity contribution is 5.93. The van der Waals surface area contributed by atoms with E-state index in [1.54, 1.807) is 6.07 Å². The minimum Gasteiger partial charge on any atom is -0.394 e. The molecule has 0 aliphatic carbocycles. The Labute approximate surface area is 119 Å². The third-order valence-corrected chi connectivity index (χ3v) is 3.44. The van der Waals surface area contributed by atoms with Crippen LogP contribution in [0.4, 0.5) is 11.4 Å². The number of morpholine rings is 1. The number of aromatic nitrogens is 2. The number of hydrogen-bond acceptors (Lipinski definition) is 8. The summed E-state index contributed by atoms with van der Waals surface area (Å²) in [6.07, 6.45) is -0.375. The summed E-state index contributed by atoms with van der Waals surface area (Å²) in [6, 6.07) is 3.01. The molecule has 2 heterocycles. The summed E-state index contributed by atoms with van der Waals surface area (Å²) < 4.78 is 10.2. The maximum atomic E-state index is 11.0. The van der Waals surface area contributed by atoms with Crippen LogP contribution >= 0.6 is 0 Å². The first kappa shape index (κ1) is 13.7. The summed E-state index contributed by atoms with van der Waals surface area (Å²) >= 11 is 0. The quantitative estimate of drug-likeness (QED) is 0.650. The number of aliphatic hydroxyl groups excluding tert-OH is 1. The van der Waals surface area contributed by atoms with E-state index in [-0.39, 0.29) is 30.0 Å². The summed E-state index contributed by atoms with van der Waals surface area (Å²) in [5, 5.41) is 27.7. The molecule has 1 aromatic carbocycles. The number of hydrogen-bond donors (Lipinski definition) is 1. The van der Waals surface area contributed by atoms with Crippen molar-refractivity contribution in [3.05, 3.63) is 22.2 Å². The van der Waals surface area contributed by atoms with E-state index < -0.39 is 4.92 Å². The van der Waals surface area contributed by atoms with E-state index in [1.165, 1.54) is 6.07 Å². The number of anilines is 1. The Kier molecular flexibility index (Phi) is 3.43. The van der Waals surface area contributed by atoms with Gasteiger partial charge in [0.05, 0.1) is 29.4 Å². The van der Waals surface area contributed by atoms with Crippen LogP contribution in [0.1, 0.15) is 6.92 Å². The van der Waals surface area contributed by atoms with Crippen LogP contribution in [0.25, 0.3) is 11.0 Å². The smallest absolute Gasteiger partial charge is 0.300 e. The molecule has 21 heavy (non-hydrogen) atoms. The second-order valence-corrected chi connectivity index (χ2v) is 4.98. The number of benzene rings is 1. The van der Waals surface area contributed by atoms with Gasteiger partial charge in [0, 0.05) is 19.2 Å². The lowest BCUT2D eigenvalue weighted by atomic mass is 10.1. The van der Waals surface area contributed by atoms with E-state index in [0.717, 1.165) is 0 Å². The molecule has 3 rings (SSSR count). The minimum atomic E-state index is -0.519. The third kappa shape index (κ3) is 2.41. The lowest BCUT2D eigenvalue weighted by molar-refractivity contribution is -0.383. The van der Waals surface area contributed by atoms with Crippen molar-refractivity contribution < 1.29 is 19.4 Å². The average Bonchev–Trinajstić information content (AvgIpc) is 2.94. The van der Waals surface area contributed by atoms with Gasteiger partial charge in [-0.2, -0.15) is 0 Å². The number of rotatable bonds is 3. The standard InChI is InChI=1S/C12H14N4O5/c1-7-4-15(5-8(6-17)20-7)9-2-3-10(16(18)19)12-11(9)13-21-14-12/h2-3,7-8,17H,4-6H2,1H3. The molecule has 1 aliphatic rings. The van der Waals surface area contributed by atoms with Crippen molar-refractivity contribution in [3.8, 4) is 0 Å². The van der Waals surface area contributed by atoms with Gasteiger partial charge in [0.1, 0.15) is 0 Å². The monoisotopic (exact) mass is 294 g/mol. The predicted molar refractivity (Wildman–Crippen MR) is 72.1 cm³/mol. The molecule has 2 atom stereocenters. The topological polar surface area (TPSA) is 115 Å². The number of ether oxygens (including phenoxy) is 1. The molecule has 112 valence electrons. The van der Waals surface area contributed by atoms with Crippen LogP contribution in [0.15, 0.2) is 16.8 Å². The highest BCUT2D eigenvalue weighted by Gasteiger charge is 2.28. The van der Waals surface area contributed by atoms with Gasteiger partial charge in [-0.25, -0.2) is 4.63 Å². The normalized spacial score (nSPS) is 22.7. The fourth-order valence-corrected chi connectivity index (χ4v) is 2.59. The van der Waals surface area contributed by atoms with Crippen molar-refractivity contribution in [1.29, 1.82) is 0 Å². The summed E-state index contributed by atoms with van der Waals surface area (Å²) in [5.41, 5.74) is 1.01. The summed E-state index contributed by atoms with van der Waals surface area (Å²) in [7, 11) is 0. The van der Waals surface area contributed by atoms with E-state index in [0.29, 0.717) is 24.3 Å². The van der Waals surface area contributed by atoms with Crippen LogP contribution in [-0.2, 0) is 4.74 Å². The molecule has 0 spiro atoms. The van der Waals surface area contributed by atoms with Crippen molar-refractivity contribution in [3.63, 3.8) is 0 Å². The third-order valence-electron chi connectivity index (χ3n) is 3.44. The van der Waals surface area contributed by atoms with Crippen molar-refractivity contribution in [2.75, 3.05) is 24.6 Å². The molecule has 1 fully saturated rings. The number of aliphatic hydroxyl groups is 1. The Morgan fingerprint density at radius 1 is 1.43 bits per heavy atom. The van der Waals surface area contributed by atoms with Crippen LogP contribution < -0.4 is 4.90 Å². The van der Waals surface area contributed by atoms with E-state index >= 15 is 0 Å². The molecule has 1 aromatic heterocycles. The van der Waals surface area contributed by atoms with E-state index in [1.807, 2.05) is 11.8 Å². The summed E-state index contributed by atoms with van der Waals surface area (Å²) in [4.78, 5) is 12.4. The van der Waals surface area contributed by atoms with Gasteiger partial charge in [-0.05, 0) is 23.3 Å². The first-order valence-electron chi connectivity index (χ1n) is 6.51. The zero-order chi connectivity index (χ0) is 15.0. The minimum absolute atomic E-state index is 0.0685. The SMILES string of the molecule is CC1CN(c2ccc([N+](=O)[O-])c3nonc23)CC(CO)O1. The van der Waals surface area contributed by atoms with Gasteiger partial charge in [0.25, 0.3) is 0 Å². The lowest BCUT2D eigenvalue weighted by Crippen LogP contribution is -2.48. The number of nitro groups is 1. The molecule has 1 aliphatic heterocycles. The summed E-state index contributed by atoms with van der Waals surface area (Å²) in [6.45, 7) is 2.88. The van der Waals surface area contributed by atoms with Gasteiger partial charge in [0.15, 0.2) is 5.52 Å². The molecule has 9 nitrogen and oxygen atoms in total. The van der Waals surface area contributed by atoms with E-state index in [9.17, 15) is 15.2 Å². The van der Waals surface area contributed by atoms with Gasteiger partial charge < -0.3 is 14.7 Å². The maximum absolute atomic E-state index is 11.0. The first-order chi connectivity index (χ1) is 10.1. The van der Waals surface area contributed by atoms with Crippen LogP contribution in [0.5, 0.6) is 0 Å². The Morgan fingerprint density at radius 2 is 2.19 bits per heavy atom. The molecule has 0 bridgehead atoms. The van der Waals surface area contributed by atoms with Crippen molar-refractivity contribution in [1.82, 2.24) is 10.3 Å². The number of nitrogens with zero attached hydrogens (tertiary/aromatic N) is 4. The van der Waals surface area contributed by atoms with Crippen molar-refractivity contribution in [2.45, 2.75) is 19.1 Å². The van der Waals surface area contributed by atoms with Crippen molar-refractivity contribution in [2.24, 2.45) is 0 Å². The van der Waals surface area contributed by atoms with Gasteiger partial charge in [-0.3, -0.25) is 10.1 Å². The van der Waals surface area contributed by atoms with Gasteiger partial charge >= 0.3 is 5.69 Å². The van der Waals surface area contributed by atoms with Crippen molar-refractivity contribution >= 4 is 22.4 Å². The molecule has 1 saturated heterocycles. The molecule has 0 amide bonds. The molecule has 9 heteroatoms. The van der Waals surface area contributed by atoms with Crippen LogP contribution in [-0.4, -0.2) is 52.2 Å². The maximum Gasteiger partial charge on any atom is 0.300 e. The number of fused-ring (bicyclic) bond motifs is 1. The van der Waals surface area contributed by atoms with Crippen LogP contribution in [0.2, 0.25) is 0 Å². The Bertz CT molecular complexity index is 673. The van der Waals surface area contributed by atoms with Crippen LogP contribution in [0.3, 0.4) is 0 Å².